The van der Waals surface area contributed by atoms with Gasteiger partial charge in [0.1, 0.15) is 5.82 Å². The molecule has 1 amide bonds. The molecular formula is C23H30FN3OS. The van der Waals surface area contributed by atoms with Crippen molar-refractivity contribution in [1.82, 2.24) is 14.8 Å². The van der Waals surface area contributed by atoms with Crippen LogP contribution in [0.4, 0.5) is 4.39 Å². The van der Waals surface area contributed by atoms with E-state index in [1.807, 2.05) is 6.92 Å². The smallest absolute Gasteiger partial charge is 0.228 e. The van der Waals surface area contributed by atoms with Crippen molar-refractivity contribution in [1.29, 1.82) is 0 Å². The minimum absolute atomic E-state index is 0.207. The fraction of sp³-hybridized carbons (Fsp3) is 0.565. The fourth-order valence-corrected chi connectivity index (χ4v) is 5.57. The number of rotatable bonds is 5. The second-order valence-corrected chi connectivity index (χ2v) is 9.57. The topological polar surface area (TPSA) is 36.4 Å². The van der Waals surface area contributed by atoms with Gasteiger partial charge in [0.25, 0.3) is 0 Å². The van der Waals surface area contributed by atoms with E-state index in [1.165, 1.54) is 50.9 Å². The highest BCUT2D eigenvalue weighted by Crippen LogP contribution is 2.30. The Labute approximate surface area is 176 Å². The molecule has 0 unspecified atom stereocenters. The van der Waals surface area contributed by atoms with Crippen LogP contribution >= 0.6 is 11.3 Å². The van der Waals surface area contributed by atoms with Crippen molar-refractivity contribution in [3.63, 3.8) is 0 Å². The van der Waals surface area contributed by atoms with Crippen LogP contribution in [0.15, 0.2) is 24.3 Å². The van der Waals surface area contributed by atoms with Crippen molar-refractivity contribution in [3.8, 4) is 11.3 Å². The fourth-order valence-electron chi connectivity index (χ4n) is 4.62. The van der Waals surface area contributed by atoms with Crippen LogP contribution in [-0.2, 0) is 11.2 Å². The molecule has 2 fully saturated rings. The lowest BCUT2D eigenvalue weighted by Gasteiger charge is -2.39. The summed E-state index contributed by atoms with van der Waals surface area (Å²) in [7, 11) is 0. The van der Waals surface area contributed by atoms with Crippen molar-refractivity contribution in [2.24, 2.45) is 0 Å². The minimum atomic E-state index is -0.257. The maximum absolute atomic E-state index is 13.3. The zero-order chi connectivity index (χ0) is 20.2. The summed E-state index contributed by atoms with van der Waals surface area (Å²) in [5, 5.41) is 0.940. The maximum Gasteiger partial charge on any atom is 0.228 e. The molecule has 2 aliphatic heterocycles. The molecule has 3 heterocycles. The lowest BCUT2D eigenvalue weighted by molar-refractivity contribution is -0.134. The number of halogens is 1. The van der Waals surface area contributed by atoms with Crippen LogP contribution in [0.3, 0.4) is 0 Å². The molecule has 4 nitrogen and oxygen atoms in total. The highest BCUT2D eigenvalue weighted by Gasteiger charge is 2.29. The largest absolute Gasteiger partial charge is 0.338 e. The Balaban J connectivity index is 1.48. The van der Waals surface area contributed by atoms with Gasteiger partial charge in [0, 0.05) is 29.6 Å². The molecule has 0 saturated carbocycles. The number of hydrogen-bond donors (Lipinski definition) is 0. The maximum atomic E-state index is 13.3. The number of nitrogens with zero attached hydrogens (tertiary/aromatic N) is 3. The molecule has 2 aliphatic rings. The second-order valence-electron chi connectivity index (χ2n) is 8.29. The third-order valence-electron chi connectivity index (χ3n) is 6.10. The predicted octanol–water partition coefficient (Wildman–Crippen LogP) is 4.67. The zero-order valence-corrected chi connectivity index (χ0v) is 18.0. The molecule has 0 aliphatic carbocycles. The van der Waals surface area contributed by atoms with Gasteiger partial charge in [-0.1, -0.05) is 6.42 Å². The Kier molecular flexibility index (Phi) is 6.60. The van der Waals surface area contributed by atoms with Crippen LogP contribution in [0.1, 0.15) is 48.4 Å². The van der Waals surface area contributed by atoms with Crippen LogP contribution in [0.25, 0.3) is 11.3 Å². The number of hydrogen-bond acceptors (Lipinski definition) is 4. The standard InChI is InChI=1S/C23H30FN3OS/c1-17-25-23(18-8-10-19(24)11-9-18)21(29-17)15-22(28)27-14-6-3-7-20(27)16-26-12-4-2-5-13-26/h8-11,20H,2-7,12-16H2,1H3/t20-/m1/s1. The summed E-state index contributed by atoms with van der Waals surface area (Å²) >= 11 is 1.58. The molecule has 2 saturated heterocycles. The van der Waals surface area contributed by atoms with E-state index in [1.54, 1.807) is 23.5 Å². The number of likely N-dealkylation sites (tertiary alicyclic amines) is 2. The summed E-state index contributed by atoms with van der Waals surface area (Å²) in [6.45, 7) is 6.17. The number of amides is 1. The molecule has 1 aromatic heterocycles. The van der Waals surface area contributed by atoms with Gasteiger partial charge in [0.05, 0.1) is 17.1 Å². The van der Waals surface area contributed by atoms with E-state index >= 15 is 0 Å². The summed E-state index contributed by atoms with van der Waals surface area (Å²) in [5.41, 5.74) is 1.70. The average molecular weight is 416 g/mol. The zero-order valence-electron chi connectivity index (χ0n) is 17.2. The molecule has 0 bridgehead atoms. The van der Waals surface area contributed by atoms with Crippen molar-refractivity contribution < 1.29 is 9.18 Å². The Morgan fingerprint density at radius 3 is 2.59 bits per heavy atom. The Bertz CT molecular complexity index is 829. The first-order valence-corrected chi connectivity index (χ1v) is 11.7. The molecule has 6 heteroatoms. The van der Waals surface area contributed by atoms with Gasteiger partial charge in [0.15, 0.2) is 0 Å². The Morgan fingerprint density at radius 1 is 1.10 bits per heavy atom. The van der Waals surface area contributed by atoms with E-state index in [0.717, 1.165) is 47.1 Å². The summed E-state index contributed by atoms with van der Waals surface area (Å²) in [6.07, 6.45) is 7.69. The molecule has 1 aromatic carbocycles. The van der Waals surface area contributed by atoms with E-state index in [-0.39, 0.29) is 11.7 Å². The number of aromatic nitrogens is 1. The van der Waals surface area contributed by atoms with Gasteiger partial charge in [-0.15, -0.1) is 11.3 Å². The first-order valence-electron chi connectivity index (χ1n) is 10.8. The Morgan fingerprint density at radius 2 is 1.83 bits per heavy atom. The van der Waals surface area contributed by atoms with E-state index in [9.17, 15) is 9.18 Å². The minimum Gasteiger partial charge on any atom is -0.338 e. The quantitative estimate of drug-likeness (QED) is 0.712. The molecule has 29 heavy (non-hydrogen) atoms. The monoisotopic (exact) mass is 415 g/mol. The second kappa shape index (κ2) is 9.35. The number of thiazole rings is 1. The van der Waals surface area contributed by atoms with Crippen LogP contribution in [-0.4, -0.2) is 52.9 Å². The van der Waals surface area contributed by atoms with Crippen LogP contribution in [0, 0.1) is 12.7 Å². The number of carbonyl (C=O) groups is 1. The molecule has 0 spiro atoms. The lowest BCUT2D eigenvalue weighted by atomic mass is 9.99. The molecule has 0 radical (unpaired) electrons. The molecule has 2 aromatic rings. The highest BCUT2D eigenvalue weighted by atomic mass is 32.1. The Hall–Kier alpha value is -1.79. The van der Waals surface area contributed by atoms with E-state index in [2.05, 4.69) is 14.8 Å². The van der Waals surface area contributed by atoms with Crippen molar-refractivity contribution in [2.75, 3.05) is 26.2 Å². The third-order valence-corrected chi connectivity index (χ3v) is 7.07. The van der Waals surface area contributed by atoms with Crippen molar-refractivity contribution in [3.05, 3.63) is 40.0 Å². The number of aryl methyl sites for hydroxylation is 1. The number of carbonyl (C=O) groups excluding carboxylic acids is 1. The van der Waals surface area contributed by atoms with Gasteiger partial charge in [-0.25, -0.2) is 9.37 Å². The van der Waals surface area contributed by atoms with Crippen molar-refractivity contribution >= 4 is 17.2 Å². The average Bonchev–Trinajstić information content (AvgIpc) is 3.09. The van der Waals surface area contributed by atoms with Crippen LogP contribution < -0.4 is 0 Å². The predicted molar refractivity (Wildman–Crippen MR) is 116 cm³/mol. The highest BCUT2D eigenvalue weighted by molar-refractivity contribution is 7.12. The molecule has 0 N–H and O–H groups in total. The van der Waals surface area contributed by atoms with Gasteiger partial charge in [-0.2, -0.15) is 0 Å². The first-order chi connectivity index (χ1) is 14.1. The number of benzene rings is 1. The lowest BCUT2D eigenvalue weighted by Crippen LogP contribution is -2.50. The van der Waals surface area contributed by atoms with Gasteiger partial charge < -0.3 is 9.80 Å². The normalized spacial score (nSPS) is 20.8. The van der Waals surface area contributed by atoms with Gasteiger partial charge >= 0.3 is 0 Å². The summed E-state index contributed by atoms with van der Waals surface area (Å²) in [5.74, 6) is -0.0501. The van der Waals surface area contributed by atoms with E-state index in [4.69, 9.17) is 0 Å². The SMILES string of the molecule is Cc1nc(-c2ccc(F)cc2)c(CC(=O)N2CCCC[C@@H]2CN2CCCCC2)s1. The summed E-state index contributed by atoms with van der Waals surface area (Å²) < 4.78 is 13.3. The van der Waals surface area contributed by atoms with Gasteiger partial charge in [-0.05, 0) is 76.4 Å². The van der Waals surface area contributed by atoms with Crippen molar-refractivity contribution in [2.45, 2.75) is 57.9 Å². The van der Waals surface area contributed by atoms with Gasteiger partial charge in [-0.3, -0.25) is 4.79 Å². The van der Waals surface area contributed by atoms with Crippen LogP contribution in [0.5, 0.6) is 0 Å². The summed E-state index contributed by atoms with van der Waals surface area (Å²) in [4.78, 5) is 23.6. The first kappa shape index (κ1) is 20.5. The third kappa shape index (κ3) is 5.04. The van der Waals surface area contributed by atoms with Crippen LogP contribution in [0.2, 0.25) is 0 Å². The molecule has 4 rings (SSSR count). The summed E-state index contributed by atoms with van der Waals surface area (Å²) in [6, 6.07) is 6.73. The molecule has 1 atom stereocenters. The van der Waals surface area contributed by atoms with E-state index in [0.29, 0.717) is 12.5 Å². The van der Waals surface area contributed by atoms with E-state index < -0.39 is 0 Å². The number of piperidine rings is 2. The molecular weight excluding hydrogens is 385 g/mol. The molecule has 156 valence electrons. The van der Waals surface area contributed by atoms with Gasteiger partial charge in [0.2, 0.25) is 5.91 Å².